The zero-order chi connectivity index (χ0) is 13.4. The number of halogens is 1. The Morgan fingerprint density at radius 3 is 2.61 bits per heavy atom. The maximum absolute atomic E-state index is 12.8. The molecule has 102 valence electrons. The van der Waals surface area contributed by atoms with Gasteiger partial charge in [0.15, 0.2) is 0 Å². The van der Waals surface area contributed by atoms with E-state index in [1.165, 1.54) is 12.1 Å². The Kier molecular flexibility index (Phi) is 6.86. The minimum Gasteiger partial charge on any atom is -0.385 e. The fourth-order valence-electron chi connectivity index (χ4n) is 1.95. The van der Waals surface area contributed by atoms with Gasteiger partial charge in [0.1, 0.15) is 5.82 Å². The molecule has 0 saturated carbocycles. The maximum Gasteiger partial charge on any atom is 0.123 e. The molecule has 4 heteroatoms. The Bertz CT molecular complexity index is 329. The van der Waals surface area contributed by atoms with Crippen molar-refractivity contribution in [3.63, 3.8) is 0 Å². The molecule has 0 spiro atoms. The van der Waals surface area contributed by atoms with Crippen LogP contribution in [0.25, 0.3) is 0 Å². The van der Waals surface area contributed by atoms with E-state index in [9.17, 15) is 4.39 Å². The first-order valence-electron chi connectivity index (χ1n) is 6.29. The van der Waals surface area contributed by atoms with E-state index in [-0.39, 0.29) is 11.9 Å². The van der Waals surface area contributed by atoms with Crippen molar-refractivity contribution in [1.82, 2.24) is 4.90 Å². The van der Waals surface area contributed by atoms with Gasteiger partial charge in [0, 0.05) is 32.8 Å². The fraction of sp³-hybridized carbons (Fsp3) is 0.571. The molecule has 0 bridgehead atoms. The van der Waals surface area contributed by atoms with Crippen LogP contribution in [0.1, 0.15) is 18.4 Å². The van der Waals surface area contributed by atoms with Gasteiger partial charge in [-0.1, -0.05) is 12.1 Å². The Balaban J connectivity index is 2.27. The van der Waals surface area contributed by atoms with Crippen molar-refractivity contribution in [2.24, 2.45) is 5.73 Å². The van der Waals surface area contributed by atoms with Crippen LogP contribution in [-0.4, -0.2) is 38.3 Å². The summed E-state index contributed by atoms with van der Waals surface area (Å²) in [6.07, 6.45) is 1.95. The average Bonchev–Trinajstić information content (AvgIpc) is 2.32. The maximum atomic E-state index is 12.8. The number of hydrogen-bond acceptors (Lipinski definition) is 3. The van der Waals surface area contributed by atoms with Gasteiger partial charge < -0.3 is 15.4 Å². The monoisotopic (exact) mass is 254 g/mol. The smallest absolute Gasteiger partial charge is 0.123 e. The summed E-state index contributed by atoms with van der Waals surface area (Å²) in [5, 5.41) is 0. The van der Waals surface area contributed by atoms with Gasteiger partial charge in [0.25, 0.3) is 0 Å². The van der Waals surface area contributed by atoms with E-state index in [2.05, 4.69) is 4.90 Å². The van der Waals surface area contributed by atoms with Crippen LogP contribution in [0.3, 0.4) is 0 Å². The molecule has 1 aromatic rings. The zero-order valence-electron chi connectivity index (χ0n) is 11.2. The molecule has 0 aliphatic carbocycles. The molecule has 0 aliphatic heterocycles. The number of methoxy groups -OCH3 is 1. The molecular formula is C14H23FN2O. The number of hydrogen-bond donors (Lipinski definition) is 1. The van der Waals surface area contributed by atoms with Crippen molar-refractivity contribution < 1.29 is 9.13 Å². The van der Waals surface area contributed by atoms with Gasteiger partial charge in [-0.05, 0) is 37.6 Å². The lowest BCUT2D eigenvalue weighted by atomic mass is 10.1. The highest BCUT2D eigenvalue weighted by atomic mass is 19.1. The van der Waals surface area contributed by atoms with Crippen LogP contribution in [0, 0.1) is 5.82 Å². The van der Waals surface area contributed by atoms with Gasteiger partial charge in [0.2, 0.25) is 0 Å². The molecule has 2 N–H and O–H groups in total. The number of rotatable bonds is 8. The first kappa shape index (κ1) is 15.1. The highest BCUT2D eigenvalue weighted by Gasteiger charge is 2.07. The summed E-state index contributed by atoms with van der Waals surface area (Å²) in [6, 6.07) is 6.75. The number of ether oxygens (including phenoxy) is 1. The molecule has 3 nitrogen and oxygen atoms in total. The van der Waals surface area contributed by atoms with Gasteiger partial charge in [-0.3, -0.25) is 0 Å². The van der Waals surface area contributed by atoms with Crippen LogP contribution in [0.5, 0.6) is 0 Å². The number of benzene rings is 1. The number of nitrogens with two attached hydrogens (primary N) is 1. The van der Waals surface area contributed by atoms with E-state index in [0.717, 1.165) is 38.1 Å². The first-order valence-corrected chi connectivity index (χ1v) is 6.29. The lowest BCUT2D eigenvalue weighted by molar-refractivity contribution is 0.187. The summed E-state index contributed by atoms with van der Waals surface area (Å²) in [7, 11) is 3.73. The summed E-state index contributed by atoms with van der Waals surface area (Å²) >= 11 is 0. The Morgan fingerprint density at radius 2 is 2.00 bits per heavy atom. The van der Waals surface area contributed by atoms with Crippen molar-refractivity contribution in [3.8, 4) is 0 Å². The predicted octanol–water partition coefficient (Wildman–Crippen LogP) is 2.01. The summed E-state index contributed by atoms with van der Waals surface area (Å²) in [6.45, 7) is 2.38. The van der Waals surface area contributed by atoms with E-state index in [0.29, 0.717) is 0 Å². The van der Waals surface area contributed by atoms with E-state index < -0.39 is 0 Å². The van der Waals surface area contributed by atoms with Crippen LogP contribution < -0.4 is 5.73 Å². The molecule has 0 aliphatic rings. The molecule has 0 saturated heterocycles. The number of likely N-dealkylation sites (N-methyl/N-ethyl adjacent to an activating group) is 1. The minimum atomic E-state index is -0.197. The third kappa shape index (κ3) is 6.10. The zero-order valence-corrected chi connectivity index (χ0v) is 11.2. The summed E-state index contributed by atoms with van der Waals surface area (Å²) in [5.41, 5.74) is 7.14. The third-order valence-electron chi connectivity index (χ3n) is 2.84. The van der Waals surface area contributed by atoms with Crippen molar-refractivity contribution in [1.29, 1.82) is 0 Å². The molecule has 18 heavy (non-hydrogen) atoms. The lowest BCUT2D eigenvalue weighted by Crippen LogP contribution is -2.35. The molecule has 1 unspecified atom stereocenters. The molecule has 0 aromatic heterocycles. The van der Waals surface area contributed by atoms with Crippen LogP contribution in [0.4, 0.5) is 4.39 Å². The Hall–Kier alpha value is -0.970. The molecule has 0 fully saturated rings. The molecule has 0 amide bonds. The van der Waals surface area contributed by atoms with E-state index >= 15 is 0 Å². The van der Waals surface area contributed by atoms with Crippen LogP contribution in [0.2, 0.25) is 0 Å². The normalized spacial score (nSPS) is 12.9. The van der Waals surface area contributed by atoms with Crippen LogP contribution in [0.15, 0.2) is 24.3 Å². The molecule has 1 aromatic carbocycles. The summed E-state index contributed by atoms with van der Waals surface area (Å²) in [4.78, 5) is 2.16. The molecule has 0 radical (unpaired) electrons. The second-order valence-corrected chi connectivity index (χ2v) is 4.72. The van der Waals surface area contributed by atoms with Crippen LogP contribution >= 0.6 is 0 Å². The van der Waals surface area contributed by atoms with Crippen molar-refractivity contribution >= 4 is 0 Å². The van der Waals surface area contributed by atoms with Crippen molar-refractivity contribution in [2.75, 3.05) is 27.3 Å². The van der Waals surface area contributed by atoms with Gasteiger partial charge in [0.05, 0.1) is 0 Å². The van der Waals surface area contributed by atoms with Gasteiger partial charge in [-0.25, -0.2) is 4.39 Å². The molecule has 1 rings (SSSR count). The highest BCUT2D eigenvalue weighted by Crippen LogP contribution is 2.06. The SMILES string of the molecule is COCCCC(N)CN(C)Cc1ccc(F)cc1. The standard InChI is InChI=1S/C14H23FN2O/c1-17(11-14(16)4-3-9-18-2)10-12-5-7-13(15)8-6-12/h5-8,14H,3-4,9-11,16H2,1-2H3. The van der Waals surface area contributed by atoms with Gasteiger partial charge in [-0.2, -0.15) is 0 Å². The molecular weight excluding hydrogens is 231 g/mol. The van der Waals surface area contributed by atoms with Gasteiger partial charge in [-0.15, -0.1) is 0 Å². The largest absolute Gasteiger partial charge is 0.385 e. The number of nitrogens with zero attached hydrogens (tertiary/aromatic N) is 1. The first-order chi connectivity index (χ1) is 8.61. The van der Waals surface area contributed by atoms with Crippen molar-refractivity contribution in [2.45, 2.75) is 25.4 Å². The third-order valence-corrected chi connectivity index (χ3v) is 2.84. The van der Waals surface area contributed by atoms with Gasteiger partial charge >= 0.3 is 0 Å². The lowest BCUT2D eigenvalue weighted by Gasteiger charge is -2.21. The average molecular weight is 254 g/mol. The van der Waals surface area contributed by atoms with Crippen LogP contribution in [-0.2, 0) is 11.3 Å². The Morgan fingerprint density at radius 1 is 1.33 bits per heavy atom. The predicted molar refractivity (Wildman–Crippen MR) is 71.8 cm³/mol. The topological polar surface area (TPSA) is 38.5 Å². The summed E-state index contributed by atoms with van der Waals surface area (Å²) in [5.74, 6) is -0.197. The quantitative estimate of drug-likeness (QED) is 0.721. The second kappa shape index (κ2) is 8.19. The molecule has 1 atom stereocenters. The minimum absolute atomic E-state index is 0.158. The Labute approximate surface area is 109 Å². The molecule has 0 heterocycles. The fourth-order valence-corrected chi connectivity index (χ4v) is 1.95. The van der Waals surface area contributed by atoms with E-state index in [1.807, 2.05) is 19.2 Å². The van der Waals surface area contributed by atoms with E-state index in [1.54, 1.807) is 7.11 Å². The van der Waals surface area contributed by atoms with E-state index in [4.69, 9.17) is 10.5 Å². The summed E-state index contributed by atoms with van der Waals surface area (Å²) < 4.78 is 17.8. The highest BCUT2D eigenvalue weighted by molar-refractivity contribution is 5.15. The second-order valence-electron chi connectivity index (χ2n) is 4.72. The van der Waals surface area contributed by atoms with Crippen molar-refractivity contribution in [3.05, 3.63) is 35.6 Å².